The predicted octanol–water partition coefficient (Wildman–Crippen LogP) is 1.68. The van der Waals surface area contributed by atoms with Crippen LogP contribution in [-0.2, 0) is 9.53 Å². The average molecular weight is 347 g/mol. The molecule has 1 amide bonds. The maximum Gasteiger partial charge on any atom is 0.311 e. The number of carbonyl (C=O) groups excluding carboxylic acids is 1. The molecule has 1 aliphatic heterocycles. The molecular formula is C18H25N3O4. The van der Waals surface area contributed by atoms with Crippen molar-refractivity contribution in [3.05, 3.63) is 23.9 Å². The Kier molecular flexibility index (Phi) is 5.22. The van der Waals surface area contributed by atoms with Crippen molar-refractivity contribution in [2.24, 2.45) is 5.41 Å². The zero-order valence-corrected chi connectivity index (χ0v) is 14.5. The summed E-state index contributed by atoms with van der Waals surface area (Å²) in [5.74, 6) is -0.227. The number of rotatable bonds is 7. The molecule has 1 aliphatic carbocycles. The van der Waals surface area contributed by atoms with Gasteiger partial charge in [0.05, 0.1) is 5.41 Å². The van der Waals surface area contributed by atoms with Crippen molar-refractivity contribution in [1.82, 2.24) is 10.3 Å². The number of carboxylic acids is 1. The molecule has 1 aromatic heterocycles. The van der Waals surface area contributed by atoms with E-state index in [4.69, 9.17) is 4.74 Å². The molecular weight excluding hydrogens is 322 g/mol. The number of methoxy groups -OCH3 is 1. The first-order valence-corrected chi connectivity index (χ1v) is 8.78. The van der Waals surface area contributed by atoms with Gasteiger partial charge in [-0.15, -0.1) is 0 Å². The van der Waals surface area contributed by atoms with Crippen molar-refractivity contribution in [3.8, 4) is 0 Å². The van der Waals surface area contributed by atoms with Gasteiger partial charge in [-0.05, 0) is 44.2 Å². The number of piperidine rings is 1. The Balaban J connectivity index is 1.76. The van der Waals surface area contributed by atoms with E-state index in [1.807, 2.05) is 4.90 Å². The van der Waals surface area contributed by atoms with Gasteiger partial charge >= 0.3 is 5.97 Å². The van der Waals surface area contributed by atoms with Crippen molar-refractivity contribution in [2.45, 2.75) is 38.1 Å². The van der Waals surface area contributed by atoms with Crippen LogP contribution in [0.2, 0.25) is 0 Å². The molecule has 0 unspecified atom stereocenters. The molecule has 2 aliphatic rings. The zero-order chi connectivity index (χ0) is 17.9. The third-order valence-corrected chi connectivity index (χ3v) is 5.06. The number of nitrogens with zero attached hydrogens (tertiary/aromatic N) is 2. The Hall–Kier alpha value is -2.15. The minimum absolute atomic E-state index is 0.0907. The first kappa shape index (κ1) is 17.7. The average Bonchev–Trinajstić information content (AvgIpc) is 3.44. The van der Waals surface area contributed by atoms with E-state index in [0.29, 0.717) is 43.4 Å². The molecule has 1 atom stereocenters. The second-order valence-corrected chi connectivity index (χ2v) is 7.00. The van der Waals surface area contributed by atoms with Gasteiger partial charge in [-0.25, -0.2) is 4.98 Å². The van der Waals surface area contributed by atoms with Crippen molar-refractivity contribution in [1.29, 1.82) is 0 Å². The zero-order valence-electron chi connectivity index (χ0n) is 14.5. The van der Waals surface area contributed by atoms with Gasteiger partial charge < -0.3 is 20.1 Å². The summed E-state index contributed by atoms with van der Waals surface area (Å²) in [4.78, 5) is 30.5. The number of amides is 1. The van der Waals surface area contributed by atoms with Crippen LogP contribution in [0.25, 0.3) is 0 Å². The van der Waals surface area contributed by atoms with Crippen LogP contribution in [-0.4, -0.2) is 54.8 Å². The number of aliphatic carboxylic acids is 1. The molecule has 7 heteroatoms. The monoisotopic (exact) mass is 347 g/mol. The molecule has 0 spiro atoms. The smallest absolute Gasteiger partial charge is 0.311 e. The van der Waals surface area contributed by atoms with Crippen LogP contribution in [0.15, 0.2) is 18.3 Å². The molecule has 2 fully saturated rings. The fourth-order valence-corrected chi connectivity index (χ4v) is 3.34. The predicted molar refractivity (Wildman–Crippen MR) is 92.7 cm³/mol. The Labute approximate surface area is 147 Å². The first-order valence-electron chi connectivity index (χ1n) is 8.78. The van der Waals surface area contributed by atoms with Gasteiger partial charge in [0.1, 0.15) is 5.82 Å². The lowest BCUT2D eigenvalue weighted by atomic mass is 9.77. The molecule has 0 aromatic carbocycles. The standard InChI is InChI=1S/C18H25N3O4/c1-25-10-7-18(17(23)24)6-2-9-21(12-18)15-11-13(5-8-19-15)16(22)20-14-3-4-14/h5,8,11,14H,2-4,6-7,9-10,12H2,1H3,(H,20,22)(H,23,24)/t18-/m1/s1. The Morgan fingerprint density at radius 2 is 2.28 bits per heavy atom. The molecule has 7 nitrogen and oxygen atoms in total. The van der Waals surface area contributed by atoms with E-state index < -0.39 is 11.4 Å². The van der Waals surface area contributed by atoms with E-state index in [-0.39, 0.29) is 5.91 Å². The SMILES string of the molecule is COCC[C@]1(C(=O)O)CCCN(c2cc(C(=O)NC3CC3)ccn2)C1. The second-order valence-electron chi connectivity index (χ2n) is 7.00. The molecule has 0 bridgehead atoms. The van der Waals surface area contributed by atoms with E-state index in [1.165, 1.54) is 0 Å². The molecule has 2 N–H and O–H groups in total. The Bertz CT molecular complexity index is 647. The molecule has 1 saturated heterocycles. The van der Waals surface area contributed by atoms with Crippen LogP contribution in [0.4, 0.5) is 5.82 Å². The van der Waals surface area contributed by atoms with Gasteiger partial charge in [-0.1, -0.05) is 0 Å². The van der Waals surface area contributed by atoms with Crippen molar-refractivity contribution in [3.63, 3.8) is 0 Å². The minimum atomic E-state index is -0.831. The molecule has 1 saturated carbocycles. The summed E-state index contributed by atoms with van der Waals surface area (Å²) in [5.41, 5.74) is -0.261. The van der Waals surface area contributed by atoms with E-state index in [0.717, 1.165) is 25.8 Å². The highest BCUT2D eigenvalue weighted by Crippen LogP contribution is 2.35. The normalized spacial score (nSPS) is 23.3. The third kappa shape index (κ3) is 4.10. The highest BCUT2D eigenvalue weighted by Gasteiger charge is 2.42. The molecule has 136 valence electrons. The summed E-state index contributed by atoms with van der Waals surface area (Å²) >= 11 is 0. The quantitative estimate of drug-likeness (QED) is 0.780. The number of carbonyl (C=O) groups is 2. The summed E-state index contributed by atoms with van der Waals surface area (Å²) in [6.45, 7) is 1.53. The van der Waals surface area contributed by atoms with Gasteiger partial charge in [0.2, 0.25) is 0 Å². The van der Waals surface area contributed by atoms with Crippen LogP contribution < -0.4 is 10.2 Å². The lowest BCUT2D eigenvalue weighted by molar-refractivity contribution is -0.150. The molecule has 25 heavy (non-hydrogen) atoms. The number of nitrogens with one attached hydrogen (secondary N) is 1. The van der Waals surface area contributed by atoms with Crippen LogP contribution in [0.3, 0.4) is 0 Å². The number of anilines is 1. The minimum Gasteiger partial charge on any atom is -0.481 e. The third-order valence-electron chi connectivity index (χ3n) is 5.06. The lowest BCUT2D eigenvalue weighted by Crippen LogP contribution is -2.48. The number of hydrogen-bond donors (Lipinski definition) is 2. The van der Waals surface area contributed by atoms with Crippen LogP contribution in [0, 0.1) is 5.41 Å². The van der Waals surface area contributed by atoms with Gasteiger partial charge in [-0.3, -0.25) is 9.59 Å². The van der Waals surface area contributed by atoms with Gasteiger partial charge in [-0.2, -0.15) is 0 Å². The summed E-state index contributed by atoms with van der Waals surface area (Å²) in [6, 6.07) is 3.75. The van der Waals surface area contributed by atoms with Gasteiger partial charge in [0.25, 0.3) is 5.91 Å². The van der Waals surface area contributed by atoms with E-state index in [1.54, 1.807) is 25.4 Å². The fourth-order valence-electron chi connectivity index (χ4n) is 3.34. The lowest BCUT2D eigenvalue weighted by Gasteiger charge is -2.40. The largest absolute Gasteiger partial charge is 0.481 e. The number of hydrogen-bond acceptors (Lipinski definition) is 5. The number of ether oxygens (including phenoxy) is 1. The topological polar surface area (TPSA) is 91.8 Å². The van der Waals surface area contributed by atoms with Gasteiger partial charge in [0.15, 0.2) is 0 Å². The molecule has 0 radical (unpaired) electrons. The number of carboxylic acid groups (broad SMARTS) is 1. The summed E-state index contributed by atoms with van der Waals surface area (Å²) in [7, 11) is 1.58. The summed E-state index contributed by atoms with van der Waals surface area (Å²) in [5, 5.41) is 12.7. The van der Waals surface area contributed by atoms with E-state index >= 15 is 0 Å². The molecule has 1 aromatic rings. The maximum atomic E-state index is 12.2. The van der Waals surface area contributed by atoms with Crippen molar-refractivity contribution < 1.29 is 19.4 Å². The fraction of sp³-hybridized carbons (Fsp3) is 0.611. The first-order chi connectivity index (χ1) is 12.0. The van der Waals surface area contributed by atoms with Gasteiger partial charge in [0, 0.05) is 44.6 Å². The van der Waals surface area contributed by atoms with E-state index in [2.05, 4.69) is 10.3 Å². The highest BCUT2D eigenvalue weighted by molar-refractivity contribution is 5.95. The highest BCUT2D eigenvalue weighted by atomic mass is 16.5. The Morgan fingerprint density at radius 1 is 1.48 bits per heavy atom. The Morgan fingerprint density at radius 3 is 2.96 bits per heavy atom. The van der Waals surface area contributed by atoms with Crippen molar-refractivity contribution in [2.75, 3.05) is 31.7 Å². The molecule has 3 rings (SSSR count). The van der Waals surface area contributed by atoms with Crippen LogP contribution in [0.5, 0.6) is 0 Å². The molecule has 2 heterocycles. The van der Waals surface area contributed by atoms with E-state index in [9.17, 15) is 14.7 Å². The number of aromatic nitrogens is 1. The second kappa shape index (κ2) is 7.39. The van der Waals surface area contributed by atoms with Crippen molar-refractivity contribution >= 4 is 17.7 Å². The summed E-state index contributed by atoms with van der Waals surface area (Å²) in [6.07, 6.45) is 5.56. The maximum absolute atomic E-state index is 12.2. The van der Waals surface area contributed by atoms with Crippen LogP contribution in [0.1, 0.15) is 42.5 Å². The number of pyridine rings is 1. The van der Waals surface area contributed by atoms with Crippen LogP contribution >= 0.6 is 0 Å². The summed E-state index contributed by atoms with van der Waals surface area (Å²) < 4.78 is 5.10.